The van der Waals surface area contributed by atoms with E-state index in [0.717, 1.165) is 0 Å². The molecule has 0 saturated heterocycles. The molecule has 0 N–H and O–H groups in total. The van der Waals surface area contributed by atoms with Gasteiger partial charge in [-0.05, 0) is 0 Å². The highest BCUT2D eigenvalue weighted by Crippen LogP contribution is 2.33. The van der Waals surface area contributed by atoms with Crippen molar-refractivity contribution in [2.75, 3.05) is 0 Å². The van der Waals surface area contributed by atoms with Crippen LogP contribution >= 0.6 is 54.7 Å². The average molecular weight is 301 g/mol. The molecule has 0 bridgehead atoms. The lowest BCUT2D eigenvalue weighted by atomic mass is 27.7. The van der Waals surface area contributed by atoms with E-state index in [1.165, 1.54) is 0 Å². The van der Waals surface area contributed by atoms with Crippen molar-refractivity contribution in [3.05, 3.63) is 0 Å². The molecule has 0 aliphatic heterocycles. The Morgan fingerprint density at radius 1 is 1.20 bits per heavy atom. The smallest absolute Gasteiger partial charge is 0.116 e. The van der Waals surface area contributed by atoms with Crippen molar-refractivity contribution in [1.82, 2.24) is 0 Å². The maximum atomic E-state index is 3.31. The van der Waals surface area contributed by atoms with Gasteiger partial charge < -0.3 is 0 Å². The van der Waals surface area contributed by atoms with Crippen LogP contribution in [0.5, 0.6) is 0 Å². The molecular formula is H2Br3PSi. The molecule has 5 heavy (non-hydrogen) atoms. The number of hydrogen-bond donors (Lipinski definition) is 0. The van der Waals surface area contributed by atoms with E-state index < -0.39 is 3.60 Å². The Morgan fingerprint density at radius 3 is 1.20 bits per heavy atom. The fraction of sp³-hybridized carbons (Fsp3) is 0. The standard InChI is InChI=1S/Br3H2PSi/c1-5(2,3)4/h4H2. The first-order valence-electron chi connectivity index (χ1n) is 0.856. The van der Waals surface area contributed by atoms with Gasteiger partial charge in [0.25, 0.3) is 3.60 Å². The van der Waals surface area contributed by atoms with Crippen LogP contribution in [0.25, 0.3) is 0 Å². The fourth-order valence-electron chi connectivity index (χ4n) is 0. The molecule has 0 amide bonds. The van der Waals surface area contributed by atoms with E-state index >= 15 is 0 Å². The Morgan fingerprint density at radius 2 is 1.20 bits per heavy atom. The average Bonchev–Trinajstić information content (AvgIpc) is 0.722. The summed E-state index contributed by atoms with van der Waals surface area (Å²) in [5.74, 6) is 0. The lowest BCUT2D eigenvalue weighted by Gasteiger charge is -1.91. The summed E-state index contributed by atoms with van der Waals surface area (Å²) in [4.78, 5) is 0. The molecule has 1 unspecified atom stereocenters. The molecule has 0 heterocycles. The van der Waals surface area contributed by atoms with E-state index in [0.29, 0.717) is 0 Å². The summed E-state index contributed by atoms with van der Waals surface area (Å²) in [5.41, 5.74) is 0. The normalized spacial score (nSPS) is 12.0. The first-order valence-corrected chi connectivity index (χ1v) is 11.4. The Bertz CT molecular complexity index is 22.4. The minimum atomic E-state index is -1.26. The maximum absolute atomic E-state index is 3.31. The lowest BCUT2D eigenvalue weighted by Crippen LogP contribution is -1.86. The quantitative estimate of drug-likeness (QED) is 0.366. The summed E-state index contributed by atoms with van der Waals surface area (Å²) >= 11 is 9.93. The third-order valence-corrected chi connectivity index (χ3v) is 0. The molecule has 0 aromatic carbocycles. The van der Waals surface area contributed by atoms with Gasteiger partial charge in [0, 0.05) is 0 Å². The van der Waals surface area contributed by atoms with Crippen LogP contribution < -0.4 is 0 Å². The Balaban J connectivity index is 3.02. The van der Waals surface area contributed by atoms with Crippen molar-refractivity contribution >= 4 is 58.3 Å². The first kappa shape index (κ1) is 7.09. The van der Waals surface area contributed by atoms with Gasteiger partial charge in [-0.1, -0.05) is 45.9 Å². The zero-order valence-electron chi connectivity index (χ0n) is 2.21. The minimum absolute atomic E-state index is 1.26. The highest BCUT2D eigenvalue weighted by Gasteiger charge is 2.10. The largest absolute Gasteiger partial charge is 0.285 e. The van der Waals surface area contributed by atoms with Crippen LogP contribution in [0.15, 0.2) is 0 Å². The predicted octanol–water partition coefficient (Wildman–Crippen LogP) is 2.48. The molecule has 32 valence electrons. The van der Waals surface area contributed by atoms with Crippen LogP contribution in [0.4, 0.5) is 0 Å². The van der Waals surface area contributed by atoms with Gasteiger partial charge in [0.05, 0.1) is 0 Å². The SMILES string of the molecule is P[Si](Br)(Br)Br. The van der Waals surface area contributed by atoms with Crippen LogP contribution in [0, 0.1) is 0 Å². The fourth-order valence-corrected chi connectivity index (χ4v) is 0. The highest BCUT2D eigenvalue weighted by molar-refractivity contribution is 9.75. The molecule has 0 fully saturated rings. The van der Waals surface area contributed by atoms with Crippen LogP contribution in [-0.2, 0) is 0 Å². The highest BCUT2D eigenvalue weighted by atomic mass is 80.0. The third-order valence-electron chi connectivity index (χ3n) is 0. The third kappa shape index (κ3) is 23.3. The maximum Gasteiger partial charge on any atom is 0.285 e. The summed E-state index contributed by atoms with van der Waals surface area (Å²) in [6.45, 7) is 0. The summed E-state index contributed by atoms with van der Waals surface area (Å²) in [5, 5.41) is 0. The second-order valence-electron chi connectivity index (χ2n) is 0.542. The molecule has 0 aromatic heterocycles. The first-order chi connectivity index (χ1) is 2.00. The molecular weight excluding hydrogens is 299 g/mol. The van der Waals surface area contributed by atoms with Crippen LogP contribution in [0.3, 0.4) is 0 Å². The topological polar surface area (TPSA) is 0 Å². The van der Waals surface area contributed by atoms with Crippen LogP contribution in [-0.4, -0.2) is 3.60 Å². The monoisotopic (exact) mass is 298 g/mol. The van der Waals surface area contributed by atoms with Crippen molar-refractivity contribution in [3.8, 4) is 0 Å². The van der Waals surface area contributed by atoms with E-state index in [1.54, 1.807) is 0 Å². The van der Waals surface area contributed by atoms with E-state index in [2.05, 4.69) is 54.7 Å². The van der Waals surface area contributed by atoms with Gasteiger partial charge in [-0.25, -0.2) is 0 Å². The molecule has 0 saturated carbocycles. The Labute approximate surface area is 57.9 Å². The van der Waals surface area contributed by atoms with E-state index in [1.807, 2.05) is 0 Å². The van der Waals surface area contributed by atoms with Gasteiger partial charge in [-0.15, -0.1) is 8.79 Å². The molecule has 0 radical (unpaired) electrons. The molecule has 0 rings (SSSR count). The van der Waals surface area contributed by atoms with Gasteiger partial charge in [-0.2, -0.15) is 0 Å². The number of rotatable bonds is 0. The summed E-state index contributed by atoms with van der Waals surface area (Å²) in [6, 6.07) is 0. The van der Waals surface area contributed by atoms with Crippen molar-refractivity contribution in [2.45, 2.75) is 0 Å². The summed E-state index contributed by atoms with van der Waals surface area (Å²) in [7, 11) is 2.60. The van der Waals surface area contributed by atoms with Gasteiger partial charge in [0.2, 0.25) is 0 Å². The molecule has 0 aliphatic carbocycles. The molecule has 0 aromatic rings. The Hall–Kier alpha value is 2.09. The Kier molecular flexibility index (Phi) is 3.41. The van der Waals surface area contributed by atoms with Crippen LogP contribution in [0.1, 0.15) is 0 Å². The van der Waals surface area contributed by atoms with Gasteiger partial charge in [-0.3, -0.25) is 0 Å². The lowest BCUT2D eigenvalue weighted by molar-refractivity contribution is 4.62. The van der Waals surface area contributed by atoms with E-state index in [-0.39, 0.29) is 0 Å². The molecule has 0 aliphatic rings. The zero-order valence-corrected chi connectivity index (χ0v) is 9.12. The van der Waals surface area contributed by atoms with Gasteiger partial charge in [0.15, 0.2) is 0 Å². The summed E-state index contributed by atoms with van der Waals surface area (Å²) in [6.07, 6.45) is 0. The van der Waals surface area contributed by atoms with Crippen molar-refractivity contribution in [1.29, 1.82) is 0 Å². The van der Waals surface area contributed by atoms with Crippen molar-refractivity contribution < 1.29 is 0 Å². The van der Waals surface area contributed by atoms with E-state index in [9.17, 15) is 0 Å². The molecule has 5 heteroatoms. The van der Waals surface area contributed by atoms with Gasteiger partial charge in [0.1, 0.15) is 0 Å². The number of hydrogen-bond acceptors (Lipinski definition) is 0. The van der Waals surface area contributed by atoms with E-state index in [4.69, 9.17) is 0 Å². The second kappa shape index (κ2) is 2.41. The van der Waals surface area contributed by atoms with Crippen molar-refractivity contribution in [3.63, 3.8) is 0 Å². The second-order valence-corrected chi connectivity index (χ2v) is 32.7. The van der Waals surface area contributed by atoms with Gasteiger partial charge >= 0.3 is 0 Å². The minimum Gasteiger partial charge on any atom is -0.116 e. The molecule has 0 spiro atoms. The number of halogens is 3. The van der Waals surface area contributed by atoms with Crippen LogP contribution in [0.2, 0.25) is 0 Å². The molecule has 1 atom stereocenters. The molecule has 0 nitrogen and oxygen atoms in total. The predicted molar refractivity (Wildman–Crippen MR) is 42.2 cm³/mol. The van der Waals surface area contributed by atoms with Crippen molar-refractivity contribution in [2.24, 2.45) is 0 Å². The zero-order chi connectivity index (χ0) is 4.50. The summed E-state index contributed by atoms with van der Waals surface area (Å²) < 4.78 is -1.26.